The van der Waals surface area contributed by atoms with Crippen LogP contribution in [0.3, 0.4) is 0 Å². The molecule has 3 rings (SSSR count). The first-order chi connectivity index (χ1) is 16.9. The number of esters is 1. The highest BCUT2D eigenvalue weighted by Gasteiger charge is 2.47. The highest BCUT2D eigenvalue weighted by molar-refractivity contribution is 7.13. The van der Waals surface area contributed by atoms with Gasteiger partial charge in [0.05, 0.1) is 13.2 Å². The van der Waals surface area contributed by atoms with Gasteiger partial charge in [-0.1, -0.05) is 46.3 Å². The number of carbonyl (C=O) groups is 1. The Labute approximate surface area is 230 Å². The van der Waals surface area contributed by atoms with Gasteiger partial charge in [-0.25, -0.2) is 4.79 Å². The number of ether oxygens (including phenoxy) is 1. The fourth-order valence-corrected chi connectivity index (χ4v) is 8.57. The maximum absolute atomic E-state index is 11.7. The quantitative estimate of drug-likeness (QED) is 0.112. The lowest BCUT2D eigenvalue weighted by atomic mass is 9.63. The number of aryl methyl sites for hydroxylation is 1. The minimum atomic E-state index is -1.83. The summed E-state index contributed by atoms with van der Waals surface area (Å²) in [6.45, 7) is 14.2. The topological polar surface area (TPSA) is 35.5 Å². The molecule has 0 spiro atoms. The molecule has 36 heavy (non-hydrogen) atoms. The molecule has 1 aromatic rings. The first-order valence-electron chi connectivity index (χ1n) is 14.1. The lowest BCUT2D eigenvalue weighted by molar-refractivity contribution is -0.0272. The van der Waals surface area contributed by atoms with Crippen LogP contribution in [0.15, 0.2) is 24.3 Å². The Morgan fingerprint density at radius 3 is 2.58 bits per heavy atom. The van der Waals surface area contributed by atoms with E-state index >= 15 is 0 Å². The summed E-state index contributed by atoms with van der Waals surface area (Å²) in [5, 5.41) is 0.466. The second kappa shape index (κ2) is 12.5. The SMILES string of the molecule is CCC1(C(CC=C[C@@H]2[C@@H](CCCc3ccc(C(=O)OC)s3)CC[C@@H]2Cl)O[Si](C)(C)C(C)(C)C)CCC1. The number of allylic oxidation sites excluding steroid dienone is 1. The van der Waals surface area contributed by atoms with Gasteiger partial charge in [0, 0.05) is 10.3 Å². The molecule has 0 aliphatic heterocycles. The first-order valence-corrected chi connectivity index (χ1v) is 18.2. The molecular weight excluding hydrogens is 504 g/mol. The van der Waals surface area contributed by atoms with Gasteiger partial charge in [-0.3, -0.25) is 0 Å². The third-order valence-electron chi connectivity index (χ3n) is 9.51. The van der Waals surface area contributed by atoms with Crippen LogP contribution in [-0.2, 0) is 15.6 Å². The minimum absolute atomic E-state index is 0.228. The average molecular weight is 553 g/mol. The van der Waals surface area contributed by atoms with Crippen LogP contribution in [0.2, 0.25) is 18.1 Å². The molecule has 1 heterocycles. The highest BCUT2D eigenvalue weighted by Crippen LogP contribution is 2.51. The van der Waals surface area contributed by atoms with Gasteiger partial charge in [-0.15, -0.1) is 22.9 Å². The van der Waals surface area contributed by atoms with Crippen LogP contribution in [-0.4, -0.2) is 32.9 Å². The summed E-state index contributed by atoms with van der Waals surface area (Å²) in [6.07, 6.45) is 17.0. The Balaban J connectivity index is 1.59. The number of hydrogen-bond donors (Lipinski definition) is 0. The van der Waals surface area contributed by atoms with E-state index in [4.69, 9.17) is 20.8 Å². The Hall–Kier alpha value is -0.623. The third kappa shape index (κ3) is 7.06. The molecule has 2 aliphatic carbocycles. The summed E-state index contributed by atoms with van der Waals surface area (Å²) in [6, 6.07) is 3.95. The fraction of sp³-hybridized carbons (Fsp3) is 0.767. The molecule has 0 aromatic carbocycles. The fourth-order valence-electron chi connectivity index (χ4n) is 5.78. The van der Waals surface area contributed by atoms with Gasteiger partial charge in [-0.05, 0) is 105 Å². The van der Waals surface area contributed by atoms with Crippen LogP contribution >= 0.6 is 22.9 Å². The van der Waals surface area contributed by atoms with Gasteiger partial charge in [0.2, 0.25) is 0 Å². The maximum Gasteiger partial charge on any atom is 0.348 e. The van der Waals surface area contributed by atoms with Crippen molar-refractivity contribution in [2.75, 3.05) is 7.11 Å². The minimum Gasteiger partial charge on any atom is -0.465 e. The van der Waals surface area contributed by atoms with Crippen molar-refractivity contribution < 1.29 is 14.0 Å². The van der Waals surface area contributed by atoms with Crippen molar-refractivity contribution in [1.82, 2.24) is 0 Å². The predicted molar refractivity (Wildman–Crippen MR) is 157 cm³/mol. The molecule has 2 fully saturated rings. The molecule has 0 amide bonds. The largest absolute Gasteiger partial charge is 0.465 e. The monoisotopic (exact) mass is 552 g/mol. The van der Waals surface area contributed by atoms with Crippen molar-refractivity contribution in [3.05, 3.63) is 34.0 Å². The van der Waals surface area contributed by atoms with E-state index in [0.717, 1.165) is 25.7 Å². The summed E-state index contributed by atoms with van der Waals surface area (Å²) < 4.78 is 11.9. The van der Waals surface area contributed by atoms with Crippen molar-refractivity contribution in [2.24, 2.45) is 17.3 Å². The summed E-state index contributed by atoms with van der Waals surface area (Å²) in [5.74, 6) is 0.861. The van der Waals surface area contributed by atoms with E-state index < -0.39 is 8.32 Å². The van der Waals surface area contributed by atoms with Crippen LogP contribution in [0, 0.1) is 17.3 Å². The third-order valence-corrected chi connectivity index (χ3v) is 15.6. The van der Waals surface area contributed by atoms with E-state index in [1.165, 1.54) is 50.5 Å². The molecule has 1 aromatic heterocycles. The van der Waals surface area contributed by atoms with Gasteiger partial charge in [-0.2, -0.15) is 0 Å². The van der Waals surface area contributed by atoms with E-state index in [2.05, 4.69) is 59.0 Å². The zero-order valence-corrected chi connectivity index (χ0v) is 26.3. The highest BCUT2D eigenvalue weighted by atomic mass is 35.5. The standard InChI is InChI=1S/C30H49ClO3SSi/c1-8-30(20-11-21-30)27(34-36(6,7)29(2,3)4)15-10-14-24-22(16-18-25(24)31)12-9-13-23-17-19-26(35-23)28(32)33-5/h10,14,17,19,22,24-25,27H,8-9,11-13,15-16,18,20-21H2,1-7H3/t22-,24+,25-,27?/m0/s1. The zero-order chi connectivity index (χ0) is 26.6. The van der Waals surface area contributed by atoms with Gasteiger partial charge < -0.3 is 9.16 Å². The normalized spacial score (nSPS) is 25.2. The van der Waals surface area contributed by atoms with Gasteiger partial charge >= 0.3 is 5.97 Å². The van der Waals surface area contributed by atoms with Crippen LogP contribution in [0.25, 0.3) is 0 Å². The first kappa shape index (κ1) is 29.9. The number of rotatable bonds is 12. The summed E-state index contributed by atoms with van der Waals surface area (Å²) in [7, 11) is -0.392. The molecular formula is C30H49ClO3SSi. The summed E-state index contributed by atoms with van der Waals surface area (Å²) in [4.78, 5) is 13.7. The van der Waals surface area contributed by atoms with E-state index in [1.54, 1.807) is 11.3 Å². The zero-order valence-electron chi connectivity index (χ0n) is 23.7. The van der Waals surface area contributed by atoms with E-state index in [-0.39, 0.29) is 16.4 Å². The molecule has 6 heteroatoms. The van der Waals surface area contributed by atoms with Crippen LogP contribution < -0.4 is 0 Å². The number of hydrogen-bond acceptors (Lipinski definition) is 4. The molecule has 0 radical (unpaired) electrons. The lowest BCUT2D eigenvalue weighted by Crippen LogP contribution is -2.51. The lowest BCUT2D eigenvalue weighted by Gasteiger charge is -2.51. The Kier molecular flexibility index (Phi) is 10.4. The Morgan fingerprint density at radius 2 is 2.00 bits per heavy atom. The van der Waals surface area contributed by atoms with Crippen LogP contribution in [0.1, 0.15) is 100 Å². The van der Waals surface area contributed by atoms with Gasteiger partial charge in [0.25, 0.3) is 0 Å². The van der Waals surface area contributed by atoms with Crippen molar-refractivity contribution in [2.45, 2.75) is 122 Å². The molecule has 3 nitrogen and oxygen atoms in total. The molecule has 1 unspecified atom stereocenters. The smallest absolute Gasteiger partial charge is 0.348 e. The molecule has 2 saturated carbocycles. The van der Waals surface area contributed by atoms with Crippen LogP contribution in [0.5, 0.6) is 0 Å². The Morgan fingerprint density at radius 1 is 1.28 bits per heavy atom. The van der Waals surface area contributed by atoms with Gasteiger partial charge in [0.1, 0.15) is 4.88 Å². The van der Waals surface area contributed by atoms with Crippen LogP contribution in [0.4, 0.5) is 0 Å². The molecule has 4 atom stereocenters. The van der Waals surface area contributed by atoms with Crippen molar-refractivity contribution in [1.29, 1.82) is 0 Å². The predicted octanol–water partition coefficient (Wildman–Crippen LogP) is 9.41. The number of alkyl halides is 1. The number of carbonyl (C=O) groups excluding carboxylic acids is 1. The van der Waals surface area contributed by atoms with Gasteiger partial charge in [0.15, 0.2) is 8.32 Å². The maximum atomic E-state index is 11.7. The second-order valence-corrected chi connectivity index (χ2v) is 19.2. The number of methoxy groups -OCH3 is 1. The summed E-state index contributed by atoms with van der Waals surface area (Å²) >= 11 is 8.39. The molecule has 0 N–H and O–H groups in total. The molecule has 0 saturated heterocycles. The van der Waals surface area contributed by atoms with E-state index in [1.807, 2.05) is 6.07 Å². The van der Waals surface area contributed by atoms with Crippen molar-refractivity contribution in [3.8, 4) is 0 Å². The Bertz CT molecular complexity index is 877. The van der Waals surface area contributed by atoms with E-state index in [9.17, 15) is 4.79 Å². The second-order valence-electron chi connectivity index (χ2n) is 12.7. The number of halogens is 1. The number of thiophene rings is 1. The summed E-state index contributed by atoms with van der Waals surface area (Å²) in [5.41, 5.74) is 0.360. The molecule has 0 bridgehead atoms. The van der Waals surface area contributed by atoms with Crippen molar-refractivity contribution >= 4 is 37.2 Å². The molecule has 2 aliphatic rings. The molecule has 204 valence electrons. The average Bonchev–Trinajstić information content (AvgIpc) is 3.39. The van der Waals surface area contributed by atoms with Crippen molar-refractivity contribution in [3.63, 3.8) is 0 Å². The van der Waals surface area contributed by atoms with E-state index in [0.29, 0.717) is 28.2 Å².